The number of hydrogen-bond donors (Lipinski definition) is 1. The van der Waals surface area contributed by atoms with E-state index in [4.69, 9.17) is 0 Å². The fourth-order valence-corrected chi connectivity index (χ4v) is 4.64. The third kappa shape index (κ3) is 5.06. The van der Waals surface area contributed by atoms with E-state index in [0.29, 0.717) is 11.7 Å². The molecule has 0 saturated carbocycles. The van der Waals surface area contributed by atoms with E-state index >= 15 is 0 Å². The number of likely N-dealkylation sites (tertiary alicyclic amines) is 1. The number of carbonyl (C=O) groups excluding carboxylic acids is 1. The summed E-state index contributed by atoms with van der Waals surface area (Å²) < 4.78 is 0.966. The van der Waals surface area contributed by atoms with E-state index in [1.807, 2.05) is 12.3 Å². The molecule has 2 heterocycles. The lowest BCUT2D eigenvalue weighted by Gasteiger charge is -2.16. The van der Waals surface area contributed by atoms with Crippen molar-refractivity contribution in [3.05, 3.63) is 47.0 Å². The molecule has 0 spiro atoms. The van der Waals surface area contributed by atoms with E-state index in [1.165, 1.54) is 23.7 Å². The largest absolute Gasteiger partial charge is 0.354 e. The smallest absolute Gasteiger partial charge is 0.230 e. The van der Waals surface area contributed by atoms with Crippen molar-refractivity contribution in [3.63, 3.8) is 0 Å². The topological polar surface area (TPSA) is 45.2 Å². The fourth-order valence-electron chi connectivity index (χ4n) is 2.96. The number of benzene rings is 1. The van der Waals surface area contributed by atoms with Gasteiger partial charge in [0.05, 0.1) is 5.75 Å². The number of thioether (sulfide) groups is 1. The lowest BCUT2D eigenvalue weighted by molar-refractivity contribution is -0.118. The van der Waals surface area contributed by atoms with Crippen LogP contribution in [0.5, 0.6) is 0 Å². The van der Waals surface area contributed by atoms with Crippen LogP contribution >= 0.6 is 23.1 Å². The average molecular weight is 362 g/mol. The highest BCUT2D eigenvalue weighted by atomic mass is 32.2. The van der Waals surface area contributed by atoms with E-state index in [-0.39, 0.29) is 5.91 Å². The first-order chi connectivity index (χ1) is 11.7. The second-order valence-corrected chi connectivity index (χ2v) is 8.17. The maximum Gasteiger partial charge on any atom is 0.230 e. The van der Waals surface area contributed by atoms with Crippen molar-refractivity contribution in [1.82, 2.24) is 15.2 Å². The molecule has 1 aliphatic rings. The van der Waals surface area contributed by atoms with Gasteiger partial charge in [0, 0.05) is 30.7 Å². The minimum Gasteiger partial charge on any atom is -0.354 e. The van der Waals surface area contributed by atoms with Crippen LogP contribution in [0.2, 0.25) is 0 Å². The van der Waals surface area contributed by atoms with Crippen molar-refractivity contribution in [2.24, 2.45) is 0 Å². The quantitative estimate of drug-likeness (QED) is 0.770. The number of rotatable bonds is 7. The first kappa shape index (κ1) is 17.5. The van der Waals surface area contributed by atoms with Gasteiger partial charge in [0.15, 0.2) is 4.34 Å². The molecular weight excluding hydrogens is 338 g/mol. The molecule has 1 aromatic heterocycles. The van der Waals surface area contributed by atoms with Crippen molar-refractivity contribution in [1.29, 1.82) is 0 Å². The Morgan fingerprint density at radius 1 is 1.42 bits per heavy atom. The Labute approximate surface area is 151 Å². The van der Waals surface area contributed by atoms with Crippen LogP contribution in [0.3, 0.4) is 0 Å². The molecule has 1 atom stereocenters. The number of aromatic nitrogens is 1. The molecule has 1 aromatic carbocycles. The monoisotopic (exact) mass is 361 g/mol. The van der Waals surface area contributed by atoms with Crippen molar-refractivity contribution in [2.45, 2.75) is 23.6 Å². The molecule has 1 N–H and O–H groups in total. The number of amides is 1. The van der Waals surface area contributed by atoms with Gasteiger partial charge in [0.25, 0.3) is 0 Å². The highest BCUT2D eigenvalue weighted by molar-refractivity contribution is 8.01. The molecule has 0 radical (unpaired) electrons. The predicted octanol–water partition coefficient (Wildman–Crippen LogP) is 3.15. The molecule has 128 valence electrons. The van der Waals surface area contributed by atoms with Crippen LogP contribution in [0.15, 0.2) is 40.1 Å². The van der Waals surface area contributed by atoms with Crippen LogP contribution in [0.1, 0.15) is 23.6 Å². The zero-order chi connectivity index (χ0) is 16.8. The van der Waals surface area contributed by atoms with Crippen LogP contribution in [0.4, 0.5) is 0 Å². The summed E-state index contributed by atoms with van der Waals surface area (Å²) in [5.74, 6) is 1.16. The second-order valence-electron chi connectivity index (χ2n) is 6.09. The van der Waals surface area contributed by atoms with E-state index in [9.17, 15) is 4.79 Å². The van der Waals surface area contributed by atoms with Gasteiger partial charge in [-0.1, -0.05) is 42.1 Å². The van der Waals surface area contributed by atoms with E-state index < -0.39 is 0 Å². The summed E-state index contributed by atoms with van der Waals surface area (Å²) >= 11 is 3.11. The number of carbonyl (C=O) groups is 1. The van der Waals surface area contributed by atoms with Crippen molar-refractivity contribution >= 4 is 29.0 Å². The third-order valence-electron chi connectivity index (χ3n) is 4.22. The first-order valence-corrected chi connectivity index (χ1v) is 10.2. The minimum atomic E-state index is 0.0895. The van der Waals surface area contributed by atoms with Crippen LogP contribution in [0.25, 0.3) is 0 Å². The molecule has 4 nitrogen and oxygen atoms in total. The summed E-state index contributed by atoms with van der Waals surface area (Å²) in [5.41, 5.74) is 2.45. The van der Waals surface area contributed by atoms with Gasteiger partial charge < -0.3 is 10.2 Å². The first-order valence-electron chi connectivity index (χ1n) is 8.29. The van der Waals surface area contributed by atoms with Gasteiger partial charge in [-0.15, -0.1) is 11.3 Å². The summed E-state index contributed by atoms with van der Waals surface area (Å²) in [6, 6.07) is 10.7. The Morgan fingerprint density at radius 2 is 2.25 bits per heavy atom. The molecule has 0 aliphatic carbocycles. The summed E-state index contributed by atoms with van der Waals surface area (Å²) in [7, 11) is 0. The van der Waals surface area contributed by atoms with Gasteiger partial charge in [-0.3, -0.25) is 4.79 Å². The van der Waals surface area contributed by atoms with Gasteiger partial charge in [-0.2, -0.15) is 0 Å². The Hall–Kier alpha value is -1.37. The molecule has 3 rings (SSSR count). The highest BCUT2D eigenvalue weighted by Gasteiger charge is 2.23. The molecule has 1 amide bonds. The molecule has 0 bridgehead atoms. The fraction of sp³-hybridized carbons (Fsp3) is 0.444. The average Bonchev–Trinajstić information content (AvgIpc) is 3.23. The number of aryl methyl sites for hydroxylation is 1. The Morgan fingerprint density at radius 3 is 3.00 bits per heavy atom. The molecular formula is C18H23N3OS2. The SMILES string of the molecule is Cc1csc(SCC(=O)NCCN2CC[C@H](c3ccccc3)C2)n1. The summed E-state index contributed by atoms with van der Waals surface area (Å²) in [6.45, 7) is 5.82. The Kier molecular flexibility index (Phi) is 6.29. The predicted molar refractivity (Wildman–Crippen MR) is 101 cm³/mol. The number of hydrogen-bond acceptors (Lipinski definition) is 5. The molecule has 24 heavy (non-hydrogen) atoms. The van der Waals surface area contributed by atoms with Gasteiger partial charge >= 0.3 is 0 Å². The second kappa shape index (κ2) is 8.65. The van der Waals surface area contributed by atoms with Crippen LogP contribution in [-0.2, 0) is 4.79 Å². The van der Waals surface area contributed by atoms with Crippen LogP contribution in [0, 0.1) is 6.92 Å². The zero-order valence-corrected chi connectivity index (χ0v) is 15.5. The number of nitrogens with one attached hydrogen (secondary N) is 1. The van der Waals surface area contributed by atoms with Crippen molar-refractivity contribution < 1.29 is 4.79 Å². The molecule has 6 heteroatoms. The summed E-state index contributed by atoms with van der Waals surface area (Å²) in [6.07, 6.45) is 1.21. The number of thiazole rings is 1. The number of nitrogens with zero attached hydrogens (tertiary/aromatic N) is 2. The normalized spacial score (nSPS) is 18.0. The summed E-state index contributed by atoms with van der Waals surface area (Å²) in [4.78, 5) is 18.7. The highest BCUT2D eigenvalue weighted by Crippen LogP contribution is 2.26. The van der Waals surface area contributed by atoms with Crippen molar-refractivity contribution in [3.8, 4) is 0 Å². The lowest BCUT2D eigenvalue weighted by Crippen LogP contribution is -2.34. The maximum absolute atomic E-state index is 11.9. The molecule has 2 aromatic rings. The van der Waals surface area contributed by atoms with Gasteiger partial charge in [-0.25, -0.2) is 4.98 Å². The third-order valence-corrected chi connectivity index (χ3v) is 6.36. The van der Waals surface area contributed by atoms with Crippen molar-refractivity contribution in [2.75, 3.05) is 31.9 Å². The standard InChI is InChI=1S/C18H23N3OS2/c1-14-12-23-18(20-14)24-13-17(22)19-8-10-21-9-7-16(11-21)15-5-3-2-4-6-15/h2-6,12,16H,7-11,13H2,1H3,(H,19,22)/t16-/m0/s1. The Balaban J connectivity index is 1.33. The Bertz CT molecular complexity index is 659. The maximum atomic E-state index is 11.9. The lowest BCUT2D eigenvalue weighted by atomic mass is 9.99. The van der Waals surface area contributed by atoms with Crippen LogP contribution in [-0.4, -0.2) is 47.7 Å². The molecule has 0 unspecified atom stereocenters. The van der Waals surface area contributed by atoms with Gasteiger partial charge in [-0.05, 0) is 31.4 Å². The van der Waals surface area contributed by atoms with E-state index in [1.54, 1.807) is 11.3 Å². The van der Waals surface area contributed by atoms with E-state index in [2.05, 4.69) is 45.5 Å². The molecule has 1 fully saturated rings. The zero-order valence-electron chi connectivity index (χ0n) is 13.9. The summed E-state index contributed by atoms with van der Waals surface area (Å²) in [5, 5.41) is 5.03. The van der Waals surface area contributed by atoms with E-state index in [0.717, 1.165) is 36.2 Å². The van der Waals surface area contributed by atoms with Crippen LogP contribution < -0.4 is 5.32 Å². The minimum absolute atomic E-state index is 0.0895. The molecule has 1 aliphatic heterocycles. The van der Waals surface area contributed by atoms with Gasteiger partial charge in [0.1, 0.15) is 0 Å². The van der Waals surface area contributed by atoms with Gasteiger partial charge in [0.2, 0.25) is 5.91 Å². The molecule has 1 saturated heterocycles.